The summed E-state index contributed by atoms with van der Waals surface area (Å²) >= 11 is 0. The fourth-order valence-electron chi connectivity index (χ4n) is 3.22. The van der Waals surface area contributed by atoms with E-state index in [1.54, 1.807) is 18.0 Å². The molecule has 1 N–H and O–H groups in total. The Balaban J connectivity index is 2.29. The second-order valence-corrected chi connectivity index (χ2v) is 6.01. The Morgan fingerprint density at radius 2 is 2.22 bits per heavy atom. The number of hydrogen-bond donors (Lipinski definition) is 1. The number of hydrogen-bond acceptors (Lipinski definition) is 3. The molecular formula is C14H24N2O2. The van der Waals surface area contributed by atoms with E-state index in [1.165, 1.54) is 19.3 Å². The second-order valence-electron chi connectivity index (χ2n) is 6.01. The lowest BCUT2D eigenvalue weighted by Crippen LogP contribution is -2.33. The van der Waals surface area contributed by atoms with Gasteiger partial charge in [-0.15, -0.1) is 0 Å². The predicted octanol–water partition coefficient (Wildman–Crippen LogP) is 2.68. The minimum Gasteiger partial charge on any atom is -0.493 e. The lowest BCUT2D eigenvalue weighted by atomic mass is 9.66. The molecule has 0 radical (unpaired) electrons. The van der Waals surface area contributed by atoms with E-state index in [0.717, 1.165) is 12.1 Å². The Morgan fingerprint density at radius 3 is 2.83 bits per heavy atom. The van der Waals surface area contributed by atoms with Gasteiger partial charge in [0.15, 0.2) is 5.75 Å². The van der Waals surface area contributed by atoms with Crippen LogP contribution in [0.1, 0.15) is 51.3 Å². The van der Waals surface area contributed by atoms with Crippen LogP contribution in [-0.4, -0.2) is 22.0 Å². The SMILES string of the molecule is COc1cnn(C)c1C(O)C1CCCCC1(C)C. The van der Waals surface area contributed by atoms with Crippen LogP contribution in [-0.2, 0) is 7.05 Å². The minimum absolute atomic E-state index is 0.174. The number of aliphatic hydroxyl groups excluding tert-OH is 1. The van der Waals surface area contributed by atoms with E-state index in [0.29, 0.717) is 5.75 Å². The van der Waals surface area contributed by atoms with E-state index in [4.69, 9.17) is 4.74 Å². The number of ether oxygens (including phenoxy) is 1. The molecule has 1 aliphatic rings. The summed E-state index contributed by atoms with van der Waals surface area (Å²) in [6.07, 6.45) is 5.89. The van der Waals surface area contributed by atoms with Crippen molar-refractivity contribution in [2.24, 2.45) is 18.4 Å². The molecule has 1 aromatic rings. The monoisotopic (exact) mass is 252 g/mol. The molecule has 0 amide bonds. The van der Waals surface area contributed by atoms with Gasteiger partial charge in [0.05, 0.1) is 13.3 Å². The van der Waals surface area contributed by atoms with E-state index >= 15 is 0 Å². The zero-order valence-corrected chi connectivity index (χ0v) is 11.8. The molecule has 4 nitrogen and oxygen atoms in total. The predicted molar refractivity (Wildman–Crippen MR) is 70.5 cm³/mol. The van der Waals surface area contributed by atoms with Gasteiger partial charge in [-0.05, 0) is 24.2 Å². The van der Waals surface area contributed by atoms with Crippen LogP contribution < -0.4 is 4.74 Å². The fourth-order valence-corrected chi connectivity index (χ4v) is 3.22. The molecule has 1 aromatic heterocycles. The summed E-state index contributed by atoms with van der Waals surface area (Å²) in [4.78, 5) is 0. The molecule has 0 aromatic carbocycles. The molecule has 2 unspecified atom stereocenters. The highest BCUT2D eigenvalue weighted by molar-refractivity contribution is 5.28. The first-order valence-electron chi connectivity index (χ1n) is 6.71. The molecular weight excluding hydrogens is 228 g/mol. The molecule has 1 aliphatic carbocycles. The quantitative estimate of drug-likeness (QED) is 0.899. The first-order valence-corrected chi connectivity index (χ1v) is 6.71. The minimum atomic E-state index is -0.497. The maximum absolute atomic E-state index is 10.7. The molecule has 1 heterocycles. The van der Waals surface area contributed by atoms with Crippen LogP contribution in [0.4, 0.5) is 0 Å². The summed E-state index contributed by atoms with van der Waals surface area (Å²) in [5.41, 5.74) is 0.977. The van der Waals surface area contributed by atoms with Crippen LogP contribution in [0.5, 0.6) is 5.75 Å². The van der Waals surface area contributed by atoms with E-state index in [1.807, 2.05) is 7.05 Å². The molecule has 102 valence electrons. The van der Waals surface area contributed by atoms with Crippen LogP contribution in [0, 0.1) is 11.3 Å². The van der Waals surface area contributed by atoms with E-state index in [2.05, 4.69) is 18.9 Å². The standard InChI is InChI=1S/C14H24N2O2/c1-14(2)8-6-5-7-10(14)13(17)12-11(18-4)9-15-16(12)3/h9-10,13,17H,5-8H2,1-4H3. The molecule has 0 spiro atoms. The van der Waals surface area contributed by atoms with Crippen molar-refractivity contribution in [2.45, 2.75) is 45.6 Å². The molecule has 1 fully saturated rings. The maximum atomic E-state index is 10.7. The summed E-state index contributed by atoms with van der Waals surface area (Å²) in [5.74, 6) is 0.960. The summed E-state index contributed by atoms with van der Waals surface area (Å²) in [5, 5.41) is 14.9. The lowest BCUT2D eigenvalue weighted by molar-refractivity contribution is -0.00173. The van der Waals surface area contributed by atoms with Crippen LogP contribution >= 0.6 is 0 Å². The third-order valence-corrected chi connectivity index (χ3v) is 4.42. The van der Waals surface area contributed by atoms with Crippen molar-refractivity contribution in [2.75, 3.05) is 7.11 Å². The van der Waals surface area contributed by atoms with Gasteiger partial charge < -0.3 is 9.84 Å². The first-order chi connectivity index (χ1) is 8.47. The molecule has 1 saturated carbocycles. The van der Waals surface area contributed by atoms with Crippen molar-refractivity contribution in [3.8, 4) is 5.75 Å². The highest BCUT2D eigenvalue weighted by Gasteiger charge is 2.39. The number of aromatic nitrogens is 2. The van der Waals surface area contributed by atoms with E-state index in [9.17, 15) is 5.11 Å². The topological polar surface area (TPSA) is 47.3 Å². The Morgan fingerprint density at radius 1 is 1.50 bits per heavy atom. The molecule has 18 heavy (non-hydrogen) atoms. The molecule has 4 heteroatoms. The molecule has 2 rings (SSSR count). The summed E-state index contributed by atoms with van der Waals surface area (Å²) < 4.78 is 7.03. The summed E-state index contributed by atoms with van der Waals surface area (Å²) in [6, 6.07) is 0. The highest BCUT2D eigenvalue weighted by Crippen LogP contribution is 2.47. The van der Waals surface area contributed by atoms with Gasteiger partial charge in [-0.25, -0.2) is 0 Å². The number of nitrogens with zero attached hydrogens (tertiary/aromatic N) is 2. The Labute approximate surface area is 109 Å². The van der Waals surface area contributed by atoms with Gasteiger partial charge in [0.2, 0.25) is 0 Å². The lowest BCUT2D eigenvalue weighted by Gasteiger charge is -2.41. The number of methoxy groups -OCH3 is 1. The van der Waals surface area contributed by atoms with E-state index in [-0.39, 0.29) is 11.3 Å². The highest BCUT2D eigenvalue weighted by atomic mass is 16.5. The van der Waals surface area contributed by atoms with Crippen molar-refractivity contribution < 1.29 is 9.84 Å². The van der Waals surface area contributed by atoms with Crippen molar-refractivity contribution in [3.63, 3.8) is 0 Å². The summed E-state index contributed by atoms with van der Waals surface area (Å²) in [6.45, 7) is 4.51. The Kier molecular flexibility index (Phi) is 3.66. The third-order valence-electron chi connectivity index (χ3n) is 4.42. The zero-order chi connectivity index (χ0) is 13.3. The van der Waals surface area contributed by atoms with Gasteiger partial charge in [-0.3, -0.25) is 4.68 Å². The van der Waals surface area contributed by atoms with Crippen LogP contribution in [0.2, 0.25) is 0 Å². The van der Waals surface area contributed by atoms with Crippen molar-refractivity contribution in [1.82, 2.24) is 9.78 Å². The van der Waals surface area contributed by atoms with Gasteiger partial charge in [0.25, 0.3) is 0 Å². The number of rotatable bonds is 3. The van der Waals surface area contributed by atoms with Crippen molar-refractivity contribution in [1.29, 1.82) is 0 Å². The zero-order valence-electron chi connectivity index (χ0n) is 11.8. The average Bonchev–Trinajstić information content (AvgIpc) is 2.69. The van der Waals surface area contributed by atoms with E-state index < -0.39 is 6.10 Å². The maximum Gasteiger partial charge on any atom is 0.162 e. The average molecular weight is 252 g/mol. The number of aliphatic hydroxyl groups is 1. The third kappa shape index (κ3) is 2.26. The normalized spacial score (nSPS) is 24.8. The van der Waals surface area contributed by atoms with Crippen molar-refractivity contribution >= 4 is 0 Å². The van der Waals surface area contributed by atoms with Gasteiger partial charge in [0, 0.05) is 7.05 Å². The van der Waals surface area contributed by atoms with Gasteiger partial charge >= 0.3 is 0 Å². The van der Waals surface area contributed by atoms with Crippen LogP contribution in [0.3, 0.4) is 0 Å². The van der Waals surface area contributed by atoms with Crippen LogP contribution in [0.25, 0.3) is 0 Å². The molecule has 2 atom stereocenters. The second kappa shape index (κ2) is 4.92. The molecule has 0 saturated heterocycles. The fraction of sp³-hybridized carbons (Fsp3) is 0.786. The van der Waals surface area contributed by atoms with Crippen molar-refractivity contribution in [3.05, 3.63) is 11.9 Å². The smallest absolute Gasteiger partial charge is 0.162 e. The molecule has 0 bridgehead atoms. The van der Waals surface area contributed by atoms with Gasteiger partial charge in [-0.1, -0.05) is 26.7 Å². The summed E-state index contributed by atoms with van der Waals surface area (Å²) in [7, 11) is 3.48. The Bertz CT molecular complexity index is 412. The molecule has 0 aliphatic heterocycles. The van der Waals surface area contributed by atoms with Gasteiger partial charge in [0.1, 0.15) is 11.8 Å². The van der Waals surface area contributed by atoms with Gasteiger partial charge in [-0.2, -0.15) is 5.10 Å². The Hall–Kier alpha value is -1.03. The van der Waals surface area contributed by atoms with Crippen LogP contribution in [0.15, 0.2) is 6.20 Å². The number of aryl methyl sites for hydroxylation is 1. The first kappa shape index (κ1) is 13.4. The largest absolute Gasteiger partial charge is 0.493 e.